The predicted molar refractivity (Wildman–Crippen MR) is 200 cm³/mol. The van der Waals surface area contributed by atoms with Crippen molar-refractivity contribution in [2.75, 3.05) is 0 Å². The normalized spacial score (nSPS) is 11.7. The molecule has 0 aliphatic heterocycles. The van der Waals surface area contributed by atoms with E-state index >= 15 is 0 Å². The zero-order valence-corrected chi connectivity index (χ0v) is 29.6. The second kappa shape index (κ2) is 24.2. The summed E-state index contributed by atoms with van der Waals surface area (Å²) >= 11 is 0. The van der Waals surface area contributed by atoms with Crippen LogP contribution in [0.4, 0.5) is 0 Å². The highest BCUT2D eigenvalue weighted by Gasteiger charge is 2.30. The van der Waals surface area contributed by atoms with E-state index in [-0.39, 0.29) is 0 Å². The van der Waals surface area contributed by atoms with Gasteiger partial charge in [-0.2, -0.15) is 0 Å². The maximum Gasteiger partial charge on any atom is 0.0536 e. The standard InChI is InChI=1S/C43H66Si/c1-2-3-4-5-6-7-8-9-10-11-12-13-14-24-37-44(38-25-34-41-28-18-15-19-29-41,39-26-35-42-30-20-16-21-31-42)40-27-36-43-32-22-17-23-33-43/h15-23,28-33H,2-14,24-27,34-40H2,1H3. The summed E-state index contributed by atoms with van der Waals surface area (Å²) in [6.45, 7) is 2.31. The van der Waals surface area contributed by atoms with Crippen molar-refractivity contribution in [3.8, 4) is 0 Å². The quantitative estimate of drug-likeness (QED) is 0.0595. The molecule has 0 spiro atoms. The topological polar surface area (TPSA) is 0 Å². The summed E-state index contributed by atoms with van der Waals surface area (Å²) in [5.41, 5.74) is 4.58. The van der Waals surface area contributed by atoms with Crippen molar-refractivity contribution in [3.63, 3.8) is 0 Å². The lowest BCUT2D eigenvalue weighted by atomic mass is 10.0. The molecule has 0 unspecified atom stereocenters. The van der Waals surface area contributed by atoms with Gasteiger partial charge in [-0.25, -0.2) is 0 Å². The van der Waals surface area contributed by atoms with Gasteiger partial charge in [-0.15, -0.1) is 0 Å². The van der Waals surface area contributed by atoms with E-state index in [0.29, 0.717) is 0 Å². The Bertz CT molecular complexity index is 917. The fraction of sp³-hybridized carbons (Fsp3) is 0.581. The lowest BCUT2D eigenvalue weighted by Gasteiger charge is -2.33. The van der Waals surface area contributed by atoms with Gasteiger partial charge in [0.25, 0.3) is 0 Å². The Labute approximate surface area is 274 Å². The van der Waals surface area contributed by atoms with Gasteiger partial charge in [-0.3, -0.25) is 0 Å². The molecule has 0 aliphatic carbocycles. The van der Waals surface area contributed by atoms with Crippen LogP contribution in [0.3, 0.4) is 0 Å². The van der Waals surface area contributed by atoms with E-state index in [2.05, 4.69) is 97.9 Å². The van der Waals surface area contributed by atoms with Crippen molar-refractivity contribution in [2.45, 2.75) is 160 Å². The summed E-state index contributed by atoms with van der Waals surface area (Å²) in [5, 5.41) is 0. The van der Waals surface area contributed by atoms with Crippen LogP contribution in [0, 0.1) is 0 Å². The summed E-state index contributed by atoms with van der Waals surface area (Å²) in [5.74, 6) is 0. The molecule has 0 radical (unpaired) electrons. The fourth-order valence-corrected chi connectivity index (χ4v) is 12.7. The van der Waals surface area contributed by atoms with Crippen LogP contribution in [0.25, 0.3) is 0 Å². The lowest BCUT2D eigenvalue weighted by molar-refractivity contribution is 0.537. The molecule has 0 nitrogen and oxygen atoms in total. The number of aryl methyl sites for hydroxylation is 3. The third-order valence-electron chi connectivity index (χ3n) is 10.1. The third-order valence-corrected chi connectivity index (χ3v) is 15.8. The zero-order valence-electron chi connectivity index (χ0n) is 28.6. The predicted octanol–water partition coefficient (Wildman–Crippen LogP) is 13.8. The number of hydrogen-bond acceptors (Lipinski definition) is 0. The van der Waals surface area contributed by atoms with Crippen LogP contribution in [0.2, 0.25) is 24.2 Å². The Morgan fingerprint density at radius 3 is 0.909 bits per heavy atom. The lowest BCUT2D eigenvalue weighted by Crippen LogP contribution is -2.34. The second-order valence-corrected chi connectivity index (χ2v) is 18.9. The number of rotatable bonds is 27. The number of hydrogen-bond donors (Lipinski definition) is 0. The highest BCUT2D eigenvalue weighted by atomic mass is 28.3. The maximum absolute atomic E-state index is 2.33. The van der Waals surface area contributed by atoms with E-state index in [0.717, 1.165) is 0 Å². The van der Waals surface area contributed by atoms with Crippen molar-refractivity contribution in [2.24, 2.45) is 0 Å². The molecule has 0 fully saturated rings. The van der Waals surface area contributed by atoms with Gasteiger partial charge in [-0.05, 0) is 36.0 Å². The van der Waals surface area contributed by atoms with Crippen molar-refractivity contribution in [3.05, 3.63) is 108 Å². The molecule has 242 valence electrons. The van der Waals surface area contributed by atoms with Crippen LogP contribution in [-0.2, 0) is 19.3 Å². The van der Waals surface area contributed by atoms with Crippen LogP contribution in [0.5, 0.6) is 0 Å². The van der Waals surface area contributed by atoms with Crippen LogP contribution in [0.1, 0.15) is 133 Å². The van der Waals surface area contributed by atoms with Crippen LogP contribution < -0.4 is 0 Å². The SMILES string of the molecule is CCCCCCCCCCCCCCCC[Si](CCCc1ccccc1)(CCCc1ccccc1)CCCc1ccccc1. The molecule has 3 aromatic carbocycles. The van der Waals surface area contributed by atoms with Crippen molar-refractivity contribution in [1.82, 2.24) is 0 Å². The van der Waals surface area contributed by atoms with E-state index in [9.17, 15) is 0 Å². The highest BCUT2D eigenvalue weighted by Crippen LogP contribution is 2.34. The smallest absolute Gasteiger partial charge is 0.0536 e. The minimum absolute atomic E-state index is 1.26. The van der Waals surface area contributed by atoms with Crippen molar-refractivity contribution in [1.29, 1.82) is 0 Å². The average Bonchev–Trinajstić information content (AvgIpc) is 3.06. The Balaban J connectivity index is 1.47. The molecule has 0 atom stereocenters. The molecule has 0 aliphatic rings. The van der Waals surface area contributed by atoms with Gasteiger partial charge in [0, 0.05) is 0 Å². The molecule has 3 aromatic rings. The molecular weight excluding hydrogens is 545 g/mol. The van der Waals surface area contributed by atoms with Crippen LogP contribution >= 0.6 is 0 Å². The summed E-state index contributed by atoms with van der Waals surface area (Å²) < 4.78 is 0. The van der Waals surface area contributed by atoms with E-state index in [1.54, 1.807) is 6.04 Å². The monoisotopic (exact) mass is 610 g/mol. The molecule has 0 saturated heterocycles. The Hall–Kier alpha value is -2.12. The third kappa shape index (κ3) is 16.8. The summed E-state index contributed by atoms with van der Waals surface area (Å²) in [6.07, 6.45) is 28.3. The zero-order chi connectivity index (χ0) is 30.8. The van der Waals surface area contributed by atoms with E-state index < -0.39 is 8.07 Å². The van der Waals surface area contributed by atoms with E-state index in [1.165, 1.54) is 163 Å². The first-order valence-corrected chi connectivity index (χ1v) is 21.7. The van der Waals surface area contributed by atoms with Crippen molar-refractivity contribution < 1.29 is 0 Å². The minimum atomic E-state index is -1.36. The van der Waals surface area contributed by atoms with Gasteiger partial charge >= 0.3 is 0 Å². The highest BCUT2D eigenvalue weighted by molar-refractivity contribution is 6.79. The largest absolute Gasteiger partial charge is 0.0654 e. The van der Waals surface area contributed by atoms with Gasteiger partial charge in [0.05, 0.1) is 8.07 Å². The first kappa shape index (κ1) is 36.3. The summed E-state index contributed by atoms with van der Waals surface area (Å²) in [6, 6.07) is 39.9. The molecule has 1 heteroatoms. The van der Waals surface area contributed by atoms with Gasteiger partial charge in [0.2, 0.25) is 0 Å². The molecule has 0 amide bonds. The second-order valence-electron chi connectivity index (χ2n) is 13.9. The molecule has 0 bridgehead atoms. The molecule has 44 heavy (non-hydrogen) atoms. The Kier molecular flexibility index (Phi) is 20.0. The molecule has 3 rings (SSSR count). The molecule has 0 aromatic heterocycles. The van der Waals surface area contributed by atoms with E-state index in [4.69, 9.17) is 0 Å². The maximum atomic E-state index is 2.33. The van der Waals surface area contributed by atoms with Gasteiger partial charge in [-0.1, -0.05) is 231 Å². The Morgan fingerprint density at radius 2 is 0.591 bits per heavy atom. The summed E-state index contributed by atoms with van der Waals surface area (Å²) in [4.78, 5) is 0. The number of benzene rings is 3. The van der Waals surface area contributed by atoms with Gasteiger partial charge in [0.15, 0.2) is 0 Å². The fourth-order valence-electron chi connectivity index (χ4n) is 7.38. The van der Waals surface area contributed by atoms with E-state index in [1.807, 2.05) is 0 Å². The number of unbranched alkanes of at least 4 members (excludes halogenated alkanes) is 13. The van der Waals surface area contributed by atoms with Crippen LogP contribution in [0.15, 0.2) is 91.0 Å². The Morgan fingerprint density at radius 1 is 0.318 bits per heavy atom. The van der Waals surface area contributed by atoms with Crippen molar-refractivity contribution >= 4 is 8.07 Å². The first-order chi connectivity index (χ1) is 21.8. The van der Waals surface area contributed by atoms with Gasteiger partial charge in [0.1, 0.15) is 0 Å². The summed E-state index contributed by atoms with van der Waals surface area (Å²) in [7, 11) is -1.36. The minimum Gasteiger partial charge on any atom is -0.0654 e. The molecule has 0 heterocycles. The molecular formula is C43H66Si. The van der Waals surface area contributed by atoms with Gasteiger partial charge < -0.3 is 0 Å². The molecule has 0 saturated carbocycles. The van der Waals surface area contributed by atoms with Crippen LogP contribution in [-0.4, -0.2) is 8.07 Å². The first-order valence-electron chi connectivity index (χ1n) is 18.9. The average molecular weight is 611 g/mol. The molecule has 0 N–H and O–H groups in total.